The van der Waals surface area contributed by atoms with Crippen LogP contribution in [0.4, 0.5) is 0 Å². The highest BCUT2D eigenvalue weighted by atomic mass is 127. The van der Waals surface area contributed by atoms with Crippen molar-refractivity contribution < 1.29 is 4.74 Å². The van der Waals surface area contributed by atoms with Crippen molar-refractivity contribution in [3.63, 3.8) is 0 Å². The first-order valence-electron chi connectivity index (χ1n) is 8.16. The van der Waals surface area contributed by atoms with E-state index < -0.39 is 0 Å². The molecule has 1 saturated heterocycles. The molecule has 1 aliphatic rings. The highest BCUT2D eigenvalue weighted by Crippen LogP contribution is 2.26. The minimum absolute atomic E-state index is 0. The van der Waals surface area contributed by atoms with Crippen LogP contribution in [0.15, 0.2) is 41.4 Å². The number of guanidine groups is 1. The smallest absolute Gasteiger partial charge is 0.188 e. The minimum atomic E-state index is 0. The lowest BCUT2D eigenvalue weighted by Crippen LogP contribution is -2.34. The van der Waals surface area contributed by atoms with Gasteiger partial charge in [0, 0.05) is 6.54 Å². The van der Waals surface area contributed by atoms with Crippen LogP contribution in [0.1, 0.15) is 31.4 Å². The molecule has 134 valence electrons. The summed E-state index contributed by atoms with van der Waals surface area (Å²) in [6.07, 6.45) is 2.50. The lowest BCUT2D eigenvalue weighted by atomic mass is 10.1. The monoisotopic (exact) mass is 444 g/mol. The summed E-state index contributed by atoms with van der Waals surface area (Å²) in [5, 5.41) is 3.09. The number of halogens is 1. The molecule has 1 unspecified atom stereocenters. The Labute approximate surface area is 162 Å². The van der Waals surface area contributed by atoms with Crippen molar-refractivity contribution in [2.45, 2.75) is 25.8 Å². The van der Waals surface area contributed by atoms with Gasteiger partial charge in [-0.2, -0.15) is 0 Å². The van der Waals surface area contributed by atoms with Crippen molar-refractivity contribution in [2.24, 2.45) is 10.7 Å². The third-order valence-corrected chi connectivity index (χ3v) is 4.09. The Kier molecular flexibility index (Phi) is 9.13. The van der Waals surface area contributed by atoms with Crippen LogP contribution in [0.2, 0.25) is 0 Å². The summed E-state index contributed by atoms with van der Waals surface area (Å²) in [4.78, 5) is 7.01. The van der Waals surface area contributed by atoms with Crippen LogP contribution < -0.4 is 15.8 Å². The molecule has 5 nitrogen and oxygen atoms in total. The van der Waals surface area contributed by atoms with E-state index in [9.17, 15) is 0 Å². The SMILES string of the molecule is C=C(C)CNC(N)=NCC(c1ccc(OC)cc1)N1CCCC1.I. The van der Waals surface area contributed by atoms with Crippen molar-refractivity contribution in [1.29, 1.82) is 0 Å². The molecule has 0 bridgehead atoms. The zero-order valence-corrected chi connectivity index (χ0v) is 17.0. The fourth-order valence-corrected chi connectivity index (χ4v) is 2.79. The number of likely N-dealkylation sites (tertiary alicyclic amines) is 1. The Balaban J connectivity index is 0.00000288. The summed E-state index contributed by atoms with van der Waals surface area (Å²) in [6.45, 7) is 9.36. The molecule has 1 atom stereocenters. The Bertz CT molecular complexity index is 538. The molecule has 0 radical (unpaired) electrons. The number of hydrogen-bond donors (Lipinski definition) is 2. The zero-order chi connectivity index (χ0) is 16.7. The first-order valence-corrected chi connectivity index (χ1v) is 8.16. The van der Waals surface area contributed by atoms with Crippen molar-refractivity contribution >= 4 is 29.9 Å². The molecule has 2 rings (SSSR count). The average molecular weight is 444 g/mol. The molecule has 0 amide bonds. The third-order valence-electron chi connectivity index (χ3n) is 4.09. The predicted octanol–water partition coefficient (Wildman–Crippen LogP) is 2.93. The van der Waals surface area contributed by atoms with Crippen LogP contribution in [-0.4, -0.2) is 44.1 Å². The Morgan fingerprint density at radius 1 is 1.33 bits per heavy atom. The van der Waals surface area contributed by atoms with Gasteiger partial charge in [0.15, 0.2) is 5.96 Å². The molecule has 24 heavy (non-hydrogen) atoms. The molecule has 6 heteroatoms. The van der Waals surface area contributed by atoms with Gasteiger partial charge < -0.3 is 15.8 Å². The second-order valence-electron chi connectivity index (χ2n) is 6.07. The quantitative estimate of drug-likeness (QED) is 0.294. The summed E-state index contributed by atoms with van der Waals surface area (Å²) in [5.41, 5.74) is 8.24. The second-order valence-corrected chi connectivity index (χ2v) is 6.07. The summed E-state index contributed by atoms with van der Waals surface area (Å²) < 4.78 is 5.25. The van der Waals surface area contributed by atoms with Crippen LogP contribution >= 0.6 is 24.0 Å². The van der Waals surface area contributed by atoms with E-state index in [0.29, 0.717) is 19.0 Å². The molecule has 0 aromatic heterocycles. The summed E-state index contributed by atoms with van der Waals surface area (Å²) in [7, 11) is 1.69. The van der Waals surface area contributed by atoms with Gasteiger partial charge in [0.1, 0.15) is 5.75 Å². The van der Waals surface area contributed by atoms with Crippen molar-refractivity contribution in [2.75, 3.05) is 33.3 Å². The van der Waals surface area contributed by atoms with E-state index in [2.05, 4.69) is 33.9 Å². The fraction of sp³-hybridized carbons (Fsp3) is 0.500. The molecule has 1 aliphatic heterocycles. The number of ether oxygens (including phenoxy) is 1. The molecule has 3 N–H and O–H groups in total. The highest BCUT2D eigenvalue weighted by Gasteiger charge is 2.23. The first-order chi connectivity index (χ1) is 11.1. The minimum Gasteiger partial charge on any atom is -0.497 e. The standard InChI is InChI=1S/C18H28N4O.HI/c1-14(2)12-20-18(19)21-13-17(22-10-4-5-11-22)15-6-8-16(23-3)9-7-15;/h6-9,17H,1,4-5,10-13H2,2-3H3,(H3,19,20,21);1H. The van der Waals surface area contributed by atoms with E-state index in [4.69, 9.17) is 10.5 Å². The van der Waals surface area contributed by atoms with Crippen LogP contribution in [0.5, 0.6) is 5.75 Å². The largest absolute Gasteiger partial charge is 0.497 e. The third kappa shape index (κ3) is 6.32. The van der Waals surface area contributed by atoms with E-state index >= 15 is 0 Å². The maximum Gasteiger partial charge on any atom is 0.188 e. The van der Waals surface area contributed by atoms with E-state index in [-0.39, 0.29) is 30.0 Å². The van der Waals surface area contributed by atoms with E-state index in [1.807, 2.05) is 19.1 Å². The Hall–Kier alpha value is -1.28. The van der Waals surface area contributed by atoms with E-state index in [1.54, 1.807) is 7.11 Å². The van der Waals surface area contributed by atoms with Crippen molar-refractivity contribution in [1.82, 2.24) is 10.2 Å². The molecular weight excluding hydrogens is 415 g/mol. The number of rotatable bonds is 7. The van der Waals surface area contributed by atoms with Crippen LogP contribution in [0.25, 0.3) is 0 Å². The van der Waals surface area contributed by atoms with Gasteiger partial charge in [-0.25, -0.2) is 0 Å². The van der Waals surface area contributed by atoms with Crippen LogP contribution in [-0.2, 0) is 0 Å². The number of hydrogen-bond acceptors (Lipinski definition) is 3. The van der Waals surface area contributed by atoms with Crippen LogP contribution in [0, 0.1) is 0 Å². The fourth-order valence-electron chi connectivity index (χ4n) is 2.79. The van der Waals surface area contributed by atoms with E-state index in [0.717, 1.165) is 24.4 Å². The molecule has 1 aromatic rings. The number of nitrogens with one attached hydrogen (secondary N) is 1. The zero-order valence-electron chi connectivity index (χ0n) is 14.6. The van der Waals surface area contributed by atoms with Gasteiger partial charge in [-0.05, 0) is 50.6 Å². The van der Waals surface area contributed by atoms with Gasteiger partial charge in [-0.1, -0.05) is 24.3 Å². The number of nitrogens with zero attached hydrogens (tertiary/aromatic N) is 2. The lowest BCUT2D eigenvalue weighted by Gasteiger charge is -2.27. The maximum atomic E-state index is 5.95. The van der Waals surface area contributed by atoms with Gasteiger partial charge in [0.05, 0.1) is 19.7 Å². The normalized spacial score (nSPS) is 16.3. The maximum absolute atomic E-state index is 5.95. The Morgan fingerprint density at radius 3 is 2.50 bits per heavy atom. The summed E-state index contributed by atoms with van der Waals surface area (Å²) >= 11 is 0. The predicted molar refractivity (Wildman–Crippen MR) is 111 cm³/mol. The summed E-state index contributed by atoms with van der Waals surface area (Å²) in [6, 6.07) is 8.51. The molecule has 0 spiro atoms. The van der Waals surface area contributed by atoms with Crippen molar-refractivity contribution in [3.8, 4) is 5.75 Å². The summed E-state index contributed by atoms with van der Waals surface area (Å²) in [5.74, 6) is 1.35. The molecule has 1 heterocycles. The Morgan fingerprint density at radius 2 is 1.96 bits per heavy atom. The van der Waals surface area contributed by atoms with Crippen LogP contribution in [0.3, 0.4) is 0 Å². The molecule has 0 saturated carbocycles. The highest BCUT2D eigenvalue weighted by molar-refractivity contribution is 14.0. The average Bonchev–Trinajstić information content (AvgIpc) is 3.08. The molecular formula is C18H29IN4O. The van der Waals surface area contributed by atoms with Gasteiger partial charge in [-0.3, -0.25) is 9.89 Å². The first kappa shape index (κ1) is 20.8. The van der Waals surface area contributed by atoms with Crippen molar-refractivity contribution in [3.05, 3.63) is 42.0 Å². The molecule has 1 fully saturated rings. The van der Waals surface area contributed by atoms with Gasteiger partial charge in [0.2, 0.25) is 0 Å². The molecule has 1 aromatic carbocycles. The number of aliphatic imine (C=N–C) groups is 1. The number of methoxy groups -OCH3 is 1. The van der Waals surface area contributed by atoms with Gasteiger partial charge >= 0.3 is 0 Å². The number of nitrogens with two attached hydrogens (primary N) is 1. The van der Waals surface area contributed by atoms with Gasteiger partial charge in [-0.15, -0.1) is 24.0 Å². The molecule has 0 aliphatic carbocycles. The second kappa shape index (κ2) is 10.6. The number of benzene rings is 1. The topological polar surface area (TPSA) is 62.9 Å². The lowest BCUT2D eigenvalue weighted by molar-refractivity contribution is 0.251. The van der Waals surface area contributed by atoms with Gasteiger partial charge in [0.25, 0.3) is 0 Å². The van der Waals surface area contributed by atoms with E-state index in [1.165, 1.54) is 18.4 Å².